The van der Waals surface area contributed by atoms with E-state index < -0.39 is 17.8 Å². The fourth-order valence-electron chi connectivity index (χ4n) is 4.83. The van der Waals surface area contributed by atoms with Crippen LogP contribution in [0.3, 0.4) is 0 Å². The Morgan fingerprint density at radius 3 is 2.76 bits per heavy atom. The first-order chi connectivity index (χ1) is 18.4. The molecule has 3 N–H and O–H groups in total. The van der Waals surface area contributed by atoms with Crippen LogP contribution in [-0.4, -0.2) is 48.2 Å². The number of hydrogen-bond acceptors (Lipinski definition) is 7. The zero-order valence-corrected chi connectivity index (χ0v) is 21.4. The normalized spacial score (nSPS) is 16.1. The number of likely N-dealkylation sites (N-methyl/N-ethyl adjacent to an activating group) is 1. The van der Waals surface area contributed by atoms with Crippen LogP contribution in [0, 0.1) is 0 Å². The summed E-state index contributed by atoms with van der Waals surface area (Å²) in [6, 6.07) is 16.1. The van der Waals surface area contributed by atoms with Gasteiger partial charge in [0.2, 0.25) is 11.8 Å². The summed E-state index contributed by atoms with van der Waals surface area (Å²) < 4.78 is 10.4. The summed E-state index contributed by atoms with van der Waals surface area (Å²) in [7, 11) is 3.30. The molecule has 10 heteroatoms. The van der Waals surface area contributed by atoms with Crippen molar-refractivity contribution in [2.75, 3.05) is 19.1 Å². The number of hydrogen-bond donors (Lipinski definition) is 3. The zero-order chi connectivity index (χ0) is 26.8. The molecule has 1 aliphatic heterocycles. The number of amides is 2. The van der Waals surface area contributed by atoms with E-state index in [2.05, 4.69) is 25.3 Å². The molecule has 2 atom stereocenters. The van der Waals surface area contributed by atoms with E-state index >= 15 is 0 Å². The van der Waals surface area contributed by atoms with E-state index in [0.717, 1.165) is 27.6 Å². The van der Waals surface area contributed by atoms with Crippen LogP contribution in [0.5, 0.6) is 5.75 Å². The van der Waals surface area contributed by atoms with E-state index in [1.54, 1.807) is 26.0 Å². The second kappa shape index (κ2) is 10.5. The van der Waals surface area contributed by atoms with Gasteiger partial charge in [0.25, 0.3) is 0 Å². The van der Waals surface area contributed by atoms with Crippen molar-refractivity contribution in [3.05, 3.63) is 76.3 Å². The Morgan fingerprint density at radius 1 is 1.21 bits per heavy atom. The molecule has 0 aliphatic carbocycles. The molecule has 0 saturated heterocycles. The van der Waals surface area contributed by atoms with Crippen LogP contribution < -0.4 is 26.0 Å². The molecule has 5 rings (SSSR count). The van der Waals surface area contributed by atoms with Gasteiger partial charge < -0.3 is 20.3 Å². The lowest BCUT2D eigenvalue weighted by atomic mass is 10.00. The minimum Gasteiger partial charge on any atom is -0.496 e. The molecule has 3 aromatic carbocycles. The van der Waals surface area contributed by atoms with Gasteiger partial charge in [-0.05, 0) is 61.3 Å². The van der Waals surface area contributed by atoms with Crippen molar-refractivity contribution in [1.82, 2.24) is 20.8 Å². The first-order valence-electron chi connectivity index (χ1n) is 12.4. The fourth-order valence-corrected chi connectivity index (χ4v) is 4.83. The molecule has 2 heterocycles. The van der Waals surface area contributed by atoms with E-state index in [0.29, 0.717) is 30.0 Å². The van der Waals surface area contributed by atoms with Gasteiger partial charge in [0.15, 0.2) is 5.82 Å². The van der Waals surface area contributed by atoms with Crippen molar-refractivity contribution in [2.45, 2.75) is 38.4 Å². The van der Waals surface area contributed by atoms with Crippen LogP contribution in [0.1, 0.15) is 24.5 Å². The first kappa shape index (κ1) is 25.2. The number of aryl methyl sites for hydroxylation is 1. The van der Waals surface area contributed by atoms with Gasteiger partial charge in [0, 0.05) is 16.8 Å². The summed E-state index contributed by atoms with van der Waals surface area (Å²) in [6.07, 6.45) is 1.16. The average Bonchev–Trinajstić information content (AvgIpc) is 3.33. The highest BCUT2D eigenvalue weighted by Gasteiger charge is 2.33. The van der Waals surface area contributed by atoms with E-state index in [1.807, 2.05) is 54.6 Å². The quantitative estimate of drug-likeness (QED) is 0.345. The Hall–Kier alpha value is -4.44. The molecule has 10 nitrogen and oxygen atoms in total. The molecule has 38 heavy (non-hydrogen) atoms. The van der Waals surface area contributed by atoms with Crippen LogP contribution in [0.15, 0.2) is 63.9 Å². The van der Waals surface area contributed by atoms with Gasteiger partial charge in [-0.15, -0.1) is 0 Å². The van der Waals surface area contributed by atoms with Crippen molar-refractivity contribution >= 4 is 28.3 Å². The number of H-pyrrole nitrogens is 1. The SMILES string of the molecule is CNC(C)C(=O)NC1CCc2ccccc2N(Cc2c(OC)ccc3cc(-c4noc(=O)[nH]4)ccc23)C1=O. The number of rotatable bonds is 7. The predicted octanol–water partition coefficient (Wildman–Crippen LogP) is 2.76. The maximum atomic E-state index is 13.9. The Kier molecular flexibility index (Phi) is 6.97. The third kappa shape index (κ3) is 4.78. The molecule has 0 spiro atoms. The van der Waals surface area contributed by atoms with Crippen molar-refractivity contribution in [3.63, 3.8) is 0 Å². The summed E-state index contributed by atoms with van der Waals surface area (Å²) in [6.45, 7) is 2.00. The first-order valence-corrected chi connectivity index (χ1v) is 12.4. The number of aromatic amines is 1. The lowest BCUT2D eigenvalue weighted by molar-refractivity contribution is -0.128. The monoisotopic (exact) mass is 515 g/mol. The minimum atomic E-state index is -0.665. The van der Waals surface area contributed by atoms with Gasteiger partial charge in [-0.3, -0.25) is 19.1 Å². The van der Waals surface area contributed by atoms with Gasteiger partial charge in [-0.25, -0.2) is 4.79 Å². The Labute approximate surface area is 219 Å². The number of fused-ring (bicyclic) bond motifs is 2. The van der Waals surface area contributed by atoms with E-state index in [4.69, 9.17) is 4.74 Å². The number of aromatic nitrogens is 2. The largest absolute Gasteiger partial charge is 0.496 e. The molecule has 196 valence electrons. The van der Waals surface area contributed by atoms with Crippen molar-refractivity contribution in [3.8, 4) is 17.1 Å². The second-order valence-corrected chi connectivity index (χ2v) is 9.29. The Bertz CT molecular complexity index is 1560. The van der Waals surface area contributed by atoms with Crippen molar-refractivity contribution in [1.29, 1.82) is 0 Å². The standard InChI is InChI=1S/C28H29N5O5/c1-16(29-2)26(34)30-22-12-9-17-6-4-5-7-23(17)33(27(22)35)15-21-20-11-8-19(25-31-28(36)38-32-25)14-18(20)10-13-24(21)37-3/h4-8,10-11,13-14,16,22,29H,9,12,15H2,1-3H3,(H,30,34)(H,31,32,36). The number of carbonyl (C=O) groups is 2. The van der Waals surface area contributed by atoms with Crippen LogP contribution in [0.2, 0.25) is 0 Å². The fraction of sp³-hybridized carbons (Fsp3) is 0.286. The molecular formula is C28H29N5O5. The molecule has 4 aromatic rings. The molecule has 0 bridgehead atoms. The predicted molar refractivity (Wildman–Crippen MR) is 143 cm³/mol. The third-order valence-electron chi connectivity index (χ3n) is 7.03. The number of nitrogens with one attached hydrogen (secondary N) is 3. The highest BCUT2D eigenvalue weighted by molar-refractivity contribution is 6.02. The average molecular weight is 516 g/mol. The van der Waals surface area contributed by atoms with Crippen molar-refractivity contribution in [2.24, 2.45) is 0 Å². The molecule has 2 amide bonds. The summed E-state index contributed by atoms with van der Waals surface area (Å²) >= 11 is 0. The van der Waals surface area contributed by atoms with Crippen LogP contribution in [-0.2, 0) is 22.6 Å². The minimum absolute atomic E-state index is 0.178. The van der Waals surface area contributed by atoms with Crippen LogP contribution in [0.25, 0.3) is 22.2 Å². The molecule has 0 saturated carbocycles. The molecular weight excluding hydrogens is 486 g/mol. The van der Waals surface area contributed by atoms with Gasteiger partial charge >= 0.3 is 5.76 Å². The zero-order valence-electron chi connectivity index (χ0n) is 21.4. The third-order valence-corrected chi connectivity index (χ3v) is 7.03. The number of methoxy groups -OCH3 is 1. The maximum Gasteiger partial charge on any atom is 0.439 e. The Morgan fingerprint density at radius 2 is 2.03 bits per heavy atom. The van der Waals surface area contributed by atoms with Gasteiger partial charge in [-0.1, -0.05) is 41.6 Å². The smallest absolute Gasteiger partial charge is 0.439 e. The molecule has 2 unspecified atom stereocenters. The highest BCUT2D eigenvalue weighted by atomic mass is 16.5. The summed E-state index contributed by atoms with van der Waals surface area (Å²) in [5.41, 5.74) is 3.36. The lowest BCUT2D eigenvalue weighted by Crippen LogP contribution is -2.52. The molecule has 0 fully saturated rings. The topological polar surface area (TPSA) is 130 Å². The number of ether oxygens (including phenoxy) is 1. The number of benzene rings is 3. The van der Waals surface area contributed by atoms with E-state index in [9.17, 15) is 14.4 Å². The van der Waals surface area contributed by atoms with Gasteiger partial charge in [0.1, 0.15) is 11.8 Å². The molecule has 1 aliphatic rings. The van der Waals surface area contributed by atoms with E-state index in [1.165, 1.54) is 0 Å². The van der Waals surface area contributed by atoms with Gasteiger partial charge in [-0.2, -0.15) is 0 Å². The number of carbonyl (C=O) groups excluding carboxylic acids is 2. The molecule has 1 aromatic heterocycles. The lowest BCUT2D eigenvalue weighted by Gasteiger charge is -2.28. The van der Waals surface area contributed by atoms with Crippen LogP contribution in [0.4, 0.5) is 5.69 Å². The number of anilines is 1. The second-order valence-electron chi connectivity index (χ2n) is 9.29. The van der Waals surface area contributed by atoms with E-state index in [-0.39, 0.29) is 18.4 Å². The maximum absolute atomic E-state index is 13.9. The molecule has 0 radical (unpaired) electrons. The van der Waals surface area contributed by atoms with Crippen LogP contribution >= 0.6 is 0 Å². The number of para-hydroxylation sites is 1. The van der Waals surface area contributed by atoms with Crippen molar-refractivity contribution < 1.29 is 18.8 Å². The number of nitrogens with zero attached hydrogens (tertiary/aromatic N) is 2. The summed E-state index contributed by atoms with van der Waals surface area (Å²) in [5, 5.41) is 11.4. The summed E-state index contributed by atoms with van der Waals surface area (Å²) in [5.74, 6) is -0.0562. The Balaban J connectivity index is 1.56. The van der Waals surface area contributed by atoms with Gasteiger partial charge in [0.05, 0.1) is 19.7 Å². The summed E-state index contributed by atoms with van der Waals surface area (Å²) in [4.78, 5) is 42.3. The highest BCUT2D eigenvalue weighted by Crippen LogP contribution is 2.35.